The first kappa shape index (κ1) is 15.7. The molecule has 0 bridgehead atoms. The normalized spacial score (nSPS) is 12.9. The molecular weight excluding hydrogens is 289 g/mol. The molecule has 0 aliphatic rings. The number of rotatable bonds is 5. The molecule has 1 atom stereocenters. The minimum absolute atomic E-state index is 0.129. The number of nitrogens with zero attached hydrogens (tertiary/aromatic N) is 2. The van der Waals surface area contributed by atoms with Crippen LogP contribution in [0, 0.1) is 11.7 Å². The number of nitrogens with two attached hydrogens (primary N) is 1. The maximum atomic E-state index is 13.5. The van der Waals surface area contributed by atoms with Crippen molar-refractivity contribution in [3.63, 3.8) is 0 Å². The van der Waals surface area contributed by atoms with Gasteiger partial charge in [-0.1, -0.05) is 38.1 Å². The zero-order valence-electron chi connectivity index (χ0n) is 13.5. The lowest BCUT2D eigenvalue weighted by molar-refractivity contribution is 0.481. The number of benzene rings is 2. The summed E-state index contributed by atoms with van der Waals surface area (Å²) in [5.41, 5.74) is 9.26. The van der Waals surface area contributed by atoms with E-state index in [0.717, 1.165) is 28.8 Å². The van der Waals surface area contributed by atoms with Gasteiger partial charge in [0.05, 0.1) is 17.1 Å². The average Bonchev–Trinajstić information content (AvgIpc) is 2.86. The third-order valence-electron chi connectivity index (χ3n) is 3.97. The zero-order chi connectivity index (χ0) is 16.4. The van der Waals surface area contributed by atoms with E-state index >= 15 is 0 Å². The quantitative estimate of drug-likeness (QED) is 0.764. The minimum Gasteiger partial charge on any atom is -0.322 e. The SMILES string of the molecule is CC(C)C[C@H](N)c1nc2ccccc2n1Cc1cccc(F)c1. The van der Waals surface area contributed by atoms with Crippen LogP contribution >= 0.6 is 0 Å². The number of fused-ring (bicyclic) bond motifs is 1. The zero-order valence-corrected chi connectivity index (χ0v) is 13.5. The molecule has 0 amide bonds. The number of hydrogen-bond donors (Lipinski definition) is 1. The molecule has 0 unspecified atom stereocenters. The highest BCUT2D eigenvalue weighted by atomic mass is 19.1. The van der Waals surface area contributed by atoms with Crippen molar-refractivity contribution in [3.05, 3.63) is 65.7 Å². The smallest absolute Gasteiger partial charge is 0.127 e. The molecule has 0 saturated heterocycles. The molecule has 23 heavy (non-hydrogen) atoms. The van der Waals surface area contributed by atoms with E-state index in [1.54, 1.807) is 12.1 Å². The number of imidazole rings is 1. The first-order valence-corrected chi connectivity index (χ1v) is 8.00. The Kier molecular flexibility index (Phi) is 4.44. The summed E-state index contributed by atoms with van der Waals surface area (Å²) in [4.78, 5) is 4.73. The fourth-order valence-electron chi connectivity index (χ4n) is 2.97. The number of para-hydroxylation sites is 2. The summed E-state index contributed by atoms with van der Waals surface area (Å²) in [5, 5.41) is 0. The molecule has 3 aromatic rings. The molecule has 120 valence electrons. The Hall–Kier alpha value is -2.20. The van der Waals surface area contributed by atoms with Crippen molar-refractivity contribution in [2.75, 3.05) is 0 Å². The lowest BCUT2D eigenvalue weighted by atomic mass is 10.0. The summed E-state index contributed by atoms with van der Waals surface area (Å²) in [7, 11) is 0. The van der Waals surface area contributed by atoms with Crippen LogP contribution in [0.1, 0.15) is 37.7 Å². The molecule has 2 N–H and O–H groups in total. The lowest BCUT2D eigenvalue weighted by Gasteiger charge is -2.16. The highest BCUT2D eigenvalue weighted by Crippen LogP contribution is 2.24. The van der Waals surface area contributed by atoms with Crippen molar-refractivity contribution in [1.82, 2.24) is 9.55 Å². The van der Waals surface area contributed by atoms with E-state index in [4.69, 9.17) is 10.7 Å². The molecule has 0 saturated carbocycles. The van der Waals surface area contributed by atoms with Crippen LogP contribution in [0.5, 0.6) is 0 Å². The summed E-state index contributed by atoms with van der Waals surface area (Å²) in [6.07, 6.45) is 0.868. The van der Waals surface area contributed by atoms with E-state index in [1.807, 2.05) is 30.3 Å². The van der Waals surface area contributed by atoms with Crippen LogP contribution in [-0.4, -0.2) is 9.55 Å². The van der Waals surface area contributed by atoms with Gasteiger partial charge in [0.2, 0.25) is 0 Å². The highest BCUT2D eigenvalue weighted by molar-refractivity contribution is 5.76. The van der Waals surface area contributed by atoms with E-state index in [9.17, 15) is 4.39 Å². The molecule has 0 aliphatic carbocycles. The lowest BCUT2D eigenvalue weighted by Crippen LogP contribution is -2.19. The maximum Gasteiger partial charge on any atom is 0.127 e. The largest absolute Gasteiger partial charge is 0.322 e. The van der Waals surface area contributed by atoms with Crippen LogP contribution in [-0.2, 0) is 6.54 Å². The molecule has 3 rings (SSSR count). The molecule has 4 heteroatoms. The Morgan fingerprint density at radius 1 is 1.13 bits per heavy atom. The van der Waals surface area contributed by atoms with Gasteiger partial charge in [0.1, 0.15) is 11.6 Å². The van der Waals surface area contributed by atoms with Gasteiger partial charge >= 0.3 is 0 Å². The Balaban J connectivity index is 2.05. The molecule has 0 spiro atoms. The Bertz CT molecular complexity index is 807. The molecule has 1 aromatic heterocycles. The van der Waals surface area contributed by atoms with Crippen molar-refractivity contribution in [2.45, 2.75) is 32.9 Å². The van der Waals surface area contributed by atoms with Crippen molar-refractivity contribution >= 4 is 11.0 Å². The van der Waals surface area contributed by atoms with Gasteiger partial charge in [-0.05, 0) is 42.2 Å². The van der Waals surface area contributed by atoms with E-state index < -0.39 is 0 Å². The van der Waals surface area contributed by atoms with E-state index in [2.05, 4.69) is 18.4 Å². The molecule has 0 fully saturated rings. The van der Waals surface area contributed by atoms with Gasteiger partial charge < -0.3 is 10.3 Å². The van der Waals surface area contributed by atoms with Gasteiger partial charge in [-0.15, -0.1) is 0 Å². The molecule has 2 aromatic carbocycles. The summed E-state index contributed by atoms with van der Waals surface area (Å²) >= 11 is 0. The van der Waals surface area contributed by atoms with Crippen LogP contribution in [0.25, 0.3) is 11.0 Å². The van der Waals surface area contributed by atoms with Crippen LogP contribution in [0.3, 0.4) is 0 Å². The third-order valence-corrected chi connectivity index (χ3v) is 3.97. The van der Waals surface area contributed by atoms with Gasteiger partial charge in [-0.2, -0.15) is 0 Å². The number of halogens is 1. The minimum atomic E-state index is -0.222. The second-order valence-corrected chi connectivity index (χ2v) is 6.41. The molecule has 0 radical (unpaired) electrons. The molecular formula is C19H22FN3. The number of hydrogen-bond acceptors (Lipinski definition) is 2. The standard InChI is InChI=1S/C19H22FN3/c1-13(2)10-16(21)19-22-17-8-3-4-9-18(17)23(19)12-14-6-5-7-15(20)11-14/h3-9,11,13,16H,10,12,21H2,1-2H3/t16-/m0/s1. The van der Waals surface area contributed by atoms with Gasteiger partial charge in [-0.25, -0.2) is 9.37 Å². The second-order valence-electron chi connectivity index (χ2n) is 6.41. The van der Waals surface area contributed by atoms with Crippen molar-refractivity contribution in [3.8, 4) is 0 Å². The Morgan fingerprint density at radius 3 is 2.65 bits per heavy atom. The topological polar surface area (TPSA) is 43.8 Å². The molecule has 0 aliphatic heterocycles. The van der Waals surface area contributed by atoms with Crippen LogP contribution in [0.15, 0.2) is 48.5 Å². The van der Waals surface area contributed by atoms with Crippen molar-refractivity contribution in [2.24, 2.45) is 11.7 Å². The summed E-state index contributed by atoms with van der Waals surface area (Å²) in [6, 6.07) is 14.5. The fraction of sp³-hybridized carbons (Fsp3) is 0.316. The van der Waals surface area contributed by atoms with Crippen LogP contribution in [0.4, 0.5) is 4.39 Å². The number of aromatic nitrogens is 2. The van der Waals surface area contributed by atoms with Gasteiger partial charge in [0.25, 0.3) is 0 Å². The van der Waals surface area contributed by atoms with Crippen molar-refractivity contribution < 1.29 is 4.39 Å². The van der Waals surface area contributed by atoms with Gasteiger partial charge in [-0.3, -0.25) is 0 Å². The van der Waals surface area contributed by atoms with Crippen LogP contribution in [0.2, 0.25) is 0 Å². The first-order chi connectivity index (χ1) is 11.0. The predicted octanol–water partition coefficient (Wildman–Crippen LogP) is 4.27. The fourth-order valence-corrected chi connectivity index (χ4v) is 2.97. The molecule has 3 nitrogen and oxygen atoms in total. The molecule has 1 heterocycles. The van der Waals surface area contributed by atoms with Gasteiger partial charge in [0, 0.05) is 6.54 Å². The Morgan fingerprint density at radius 2 is 1.91 bits per heavy atom. The predicted molar refractivity (Wildman–Crippen MR) is 91.6 cm³/mol. The van der Waals surface area contributed by atoms with E-state index in [-0.39, 0.29) is 11.9 Å². The summed E-state index contributed by atoms with van der Waals surface area (Å²) < 4.78 is 15.6. The maximum absolute atomic E-state index is 13.5. The second kappa shape index (κ2) is 6.50. The van der Waals surface area contributed by atoms with Crippen LogP contribution < -0.4 is 5.73 Å². The first-order valence-electron chi connectivity index (χ1n) is 8.00. The van der Waals surface area contributed by atoms with E-state index in [1.165, 1.54) is 6.07 Å². The van der Waals surface area contributed by atoms with Gasteiger partial charge in [0.15, 0.2) is 0 Å². The average molecular weight is 311 g/mol. The summed E-state index contributed by atoms with van der Waals surface area (Å²) in [5.74, 6) is 1.14. The highest BCUT2D eigenvalue weighted by Gasteiger charge is 2.18. The van der Waals surface area contributed by atoms with E-state index in [0.29, 0.717) is 12.5 Å². The monoisotopic (exact) mass is 311 g/mol. The summed E-state index contributed by atoms with van der Waals surface area (Å²) in [6.45, 7) is 4.87. The van der Waals surface area contributed by atoms with Crippen molar-refractivity contribution in [1.29, 1.82) is 0 Å². The Labute approximate surface area is 136 Å². The third kappa shape index (κ3) is 3.42.